The average molecular weight is 383 g/mol. The summed E-state index contributed by atoms with van der Waals surface area (Å²) in [4.78, 5) is 24.7. The smallest absolute Gasteiger partial charge is 0.407 e. The number of hydrogen-bond acceptors (Lipinski definition) is 6. The minimum absolute atomic E-state index is 0.0594. The SMILES string of the molecule is CC(C)(C)OC(=O)N[C@@H]1CCN(c2c([N+](=O)[O-])cnn2C2CC2)CC[C@H]1F. The number of amides is 1. The standard InChI is InChI=1S/C17H26FN5O4/c1-17(2,3)27-16(24)20-13-7-9-21(8-6-12(13)18)15-14(23(25)26)10-19-22(15)11-4-5-11/h10-13H,4-9H2,1-3H3,(H,20,24)/t12-,13-/m1/s1. The number of rotatable bonds is 4. The number of nitrogens with zero attached hydrogens (tertiary/aromatic N) is 4. The summed E-state index contributed by atoms with van der Waals surface area (Å²) in [6, 6.07) is -0.519. The van der Waals surface area contributed by atoms with Gasteiger partial charge in [-0.1, -0.05) is 0 Å². The van der Waals surface area contributed by atoms with Gasteiger partial charge in [-0.25, -0.2) is 13.9 Å². The first-order valence-electron chi connectivity index (χ1n) is 9.26. The van der Waals surface area contributed by atoms with Gasteiger partial charge in [0.2, 0.25) is 5.82 Å². The topological polar surface area (TPSA) is 103 Å². The average Bonchev–Trinajstić information content (AvgIpc) is 3.32. The third kappa shape index (κ3) is 4.67. The highest BCUT2D eigenvalue weighted by Crippen LogP contribution is 2.41. The maximum atomic E-state index is 14.6. The normalized spacial score (nSPS) is 23.6. The summed E-state index contributed by atoms with van der Waals surface area (Å²) in [7, 11) is 0. The maximum absolute atomic E-state index is 14.6. The van der Waals surface area contributed by atoms with E-state index in [4.69, 9.17) is 4.74 Å². The van der Waals surface area contributed by atoms with Crippen molar-refractivity contribution in [2.24, 2.45) is 0 Å². The molecule has 1 aliphatic heterocycles. The number of aromatic nitrogens is 2. The molecule has 2 fully saturated rings. The molecule has 150 valence electrons. The van der Waals surface area contributed by atoms with E-state index < -0.39 is 28.8 Å². The number of hydrogen-bond donors (Lipinski definition) is 1. The van der Waals surface area contributed by atoms with E-state index in [2.05, 4.69) is 10.4 Å². The summed E-state index contributed by atoms with van der Waals surface area (Å²) < 4.78 is 21.5. The Kier molecular flexibility index (Phi) is 5.25. The van der Waals surface area contributed by atoms with Gasteiger partial charge in [0, 0.05) is 13.1 Å². The van der Waals surface area contributed by atoms with Gasteiger partial charge in [-0.3, -0.25) is 10.1 Å². The molecule has 1 aromatic heterocycles. The molecular formula is C17H26FN5O4. The molecule has 2 atom stereocenters. The van der Waals surface area contributed by atoms with Crippen LogP contribution >= 0.6 is 0 Å². The predicted octanol–water partition coefficient (Wildman–Crippen LogP) is 2.96. The molecule has 1 N–H and O–H groups in total. The number of nitrogens with one attached hydrogen (secondary N) is 1. The number of nitro groups is 1. The lowest BCUT2D eigenvalue weighted by Crippen LogP contribution is -2.44. The quantitative estimate of drug-likeness (QED) is 0.633. The van der Waals surface area contributed by atoms with E-state index >= 15 is 0 Å². The van der Waals surface area contributed by atoms with E-state index in [0.29, 0.717) is 25.3 Å². The van der Waals surface area contributed by atoms with Crippen LogP contribution in [-0.4, -0.2) is 51.7 Å². The summed E-state index contributed by atoms with van der Waals surface area (Å²) >= 11 is 0. The van der Waals surface area contributed by atoms with Gasteiger partial charge in [0.05, 0.1) is 17.0 Å². The van der Waals surface area contributed by atoms with Gasteiger partial charge >= 0.3 is 11.8 Å². The van der Waals surface area contributed by atoms with Gasteiger partial charge in [-0.15, -0.1) is 0 Å². The first kappa shape index (κ1) is 19.4. The fourth-order valence-electron chi connectivity index (χ4n) is 3.27. The minimum Gasteiger partial charge on any atom is -0.444 e. The van der Waals surface area contributed by atoms with Crippen LogP contribution in [0, 0.1) is 10.1 Å². The summed E-state index contributed by atoms with van der Waals surface area (Å²) in [5.41, 5.74) is -0.722. The van der Waals surface area contributed by atoms with Crippen molar-refractivity contribution in [2.75, 3.05) is 18.0 Å². The number of carbonyl (C=O) groups is 1. The highest BCUT2D eigenvalue weighted by molar-refractivity contribution is 5.68. The number of anilines is 1. The molecule has 0 unspecified atom stereocenters. The predicted molar refractivity (Wildman–Crippen MR) is 96.7 cm³/mol. The molecular weight excluding hydrogens is 357 g/mol. The molecule has 10 heteroatoms. The van der Waals surface area contributed by atoms with E-state index in [1.54, 1.807) is 25.5 Å². The second-order valence-electron chi connectivity index (χ2n) is 8.12. The Morgan fingerprint density at radius 2 is 2.00 bits per heavy atom. The molecule has 27 heavy (non-hydrogen) atoms. The van der Waals surface area contributed by atoms with Crippen molar-refractivity contribution in [3.8, 4) is 0 Å². The molecule has 1 amide bonds. The minimum atomic E-state index is -1.25. The Morgan fingerprint density at radius 3 is 2.59 bits per heavy atom. The summed E-state index contributed by atoms with van der Waals surface area (Å²) in [5.74, 6) is 0.438. The highest BCUT2D eigenvalue weighted by Gasteiger charge is 2.36. The first-order chi connectivity index (χ1) is 12.7. The number of alkyl halides is 1. The molecule has 0 bridgehead atoms. The van der Waals surface area contributed by atoms with Crippen molar-refractivity contribution in [2.45, 2.75) is 70.3 Å². The van der Waals surface area contributed by atoms with Crippen LogP contribution in [0.1, 0.15) is 52.5 Å². The number of halogens is 1. The Bertz CT molecular complexity index is 713. The molecule has 9 nitrogen and oxygen atoms in total. The van der Waals surface area contributed by atoms with Crippen LogP contribution in [0.2, 0.25) is 0 Å². The van der Waals surface area contributed by atoms with Gasteiger partial charge in [0.1, 0.15) is 18.0 Å². The molecule has 2 aliphatic rings. The summed E-state index contributed by atoms with van der Waals surface area (Å²) in [6.07, 6.45) is 1.72. The number of ether oxygens (including phenoxy) is 1. The van der Waals surface area contributed by atoms with Crippen molar-refractivity contribution >= 4 is 17.6 Å². The second-order valence-corrected chi connectivity index (χ2v) is 8.12. The van der Waals surface area contributed by atoms with Crippen molar-refractivity contribution in [3.05, 3.63) is 16.3 Å². The van der Waals surface area contributed by atoms with E-state index in [1.807, 2.05) is 4.90 Å². The van der Waals surface area contributed by atoms with Gasteiger partial charge < -0.3 is 15.0 Å². The third-order valence-electron chi connectivity index (χ3n) is 4.66. The Labute approximate surface area is 157 Å². The fraction of sp³-hybridized carbons (Fsp3) is 0.765. The maximum Gasteiger partial charge on any atom is 0.407 e. The lowest BCUT2D eigenvalue weighted by atomic mass is 10.1. The van der Waals surface area contributed by atoms with E-state index in [-0.39, 0.29) is 18.2 Å². The summed E-state index contributed by atoms with van der Waals surface area (Å²) in [5, 5.41) is 18.2. The zero-order chi connectivity index (χ0) is 19.8. The van der Waals surface area contributed by atoms with Crippen molar-refractivity contribution in [1.29, 1.82) is 0 Å². The Morgan fingerprint density at radius 1 is 1.33 bits per heavy atom. The number of carbonyl (C=O) groups excluding carboxylic acids is 1. The lowest BCUT2D eigenvalue weighted by molar-refractivity contribution is -0.384. The molecule has 2 heterocycles. The van der Waals surface area contributed by atoms with Crippen LogP contribution in [0.3, 0.4) is 0 Å². The van der Waals surface area contributed by atoms with E-state index in [1.165, 1.54) is 6.20 Å². The van der Waals surface area contributed by atoms with Crippen molar-refractivity contribution in [3.63, 3.8) is 0 Å². The van der Waals surface area contributed by atoms with Crippen molar-refractivity contribution < 1.29 is 18.8 Å². The van der Waals surface area contributed by atoms with Crippen LogP contribution in [0.25, 0.3) is 0 Å². The monoisotopic (exact) mass is 383 g/mol. The molecule has 0 spiro atoms. The Hall–Kier alpha value is -2.39. The summed E-state index contributed by atoms with van der Waals surface area (Å²) in [6.45, 7) is 5.94. The molecule has 1 aliphatic carbocycles. The molecule has 0 aromatic carbocycles. The van der Waals surface area contributed by atoms with Crippen LogP contribution in [0.5, 0.6) is 0 Å². The van der Waals surface area contributed by atoms with Crippen LogP contribution < -0.4 is 10.2 Å². The molecule has 1 saturated carbocycles. The zero-order valence-corrected chi connectivity index (χ0v) is 15.9. The van der Waals surface area contributed by atoms with Crippen LogP contribution in [-0.2, 0) is 4.74 Å². The number of alkyl carbamates (subject to hydrolysis) is 1. The second kappa shape index (κ2) is 7.32. The fourth-order valence-corrected chi connectivity index (χ4v) is 3.27. The highest BCUT2D eigenvalue weighted by atomic mass is 19.1. The van der Waals surface area contributed by atoms with Crippen LogP contribution in [0.4, 0.5) is 20.7 Å². The first-order valence-corrected chi connectivity index (χ1v) is 9.26. The largest absolute Gasteiger partial charge is 0.444 e. The van der Waals surface area contributed by atoms with Crippen molar-refractivity contribution in [1.82, 2.24) is 15.1 Å². The third-order valence-corrected chi connectivity index (χ3v) is 4.66. The molecule has 3 rings (SSSR count). The molecule has 1 aromatic rings. The van der Waals surface area contributed by atoms with Gasteiger partial charge in [0.25, 0.3) is 0 Å². The van der Waals surface area contributed by atoms with Gasteiger partial charge in [-0.2, -0.15) is 5.10 Å². The van der Waals surface area contributed by atoms with Gasteiger partial charge in [0.15, 0.2) is 0 Å². The lowest BCUT2D eigenvalue weighted by Gasteiger charge is -2.24. The van der Waals surface area contributed by atoms with E-state index in [9.17, 15) is 19.3 Å². The molecule has 0 radical (unpaired) electrons. The van der Waals surface area contributed by atoms with Crippen LogP contribution in [0.15, 0.2) is 6.20 Å². The molecule has 1 saturated heterocycles. The van der Waals surface area contributed by atoms with Gasteiger partial charge in [-0.05, 0) is 46.5 Å². The zero-order valence-electron chi connectivity index (χ0n) is 15.9. The van der Waals surface area contributed by atoms with E-state index in [0.717, 1.165) is 12.8 Å². The Balaban J connectivity index is 1.72.